The van der Waals surface area contributed by atoms with Crippen molar-refractivity contribution in [1.29, 1.82) is 0 Å². The smallest absolute Gasteiger partial charge is 0.489 e. The minimum absolute atomic E-state index is 0.0227. The number of hydrogen-bond donors (Lipinski definition) is 0. The Morgan fingerprint density at radius 1 is 1.06 bits per heavy atom. The predicted molar refractivity (Wildman–Crippen MR) is 112 cm³/mol. The van der Waals surface area contributed by atoms with Gasteiger partial charge >= 0.3 is 21.6 Å². The first kappa shape index (κ1) is 23.0. The van der Waals surface area contributed by atoms with Gasteiger partial charge in [0.1, 0.15) is 18.1 Å². The predicted octanol–water partition coefficient (Wildman–Crippen LogP) is 4.75. The Morgan fingerprint density at radius 3 is 2.50 bits per heavy atom. The summed E-state index contributed by atoms with van der Waals surface area (Å²) < 4.78 is 89.9. The monoisotopic (exact) mass is 498 g/mol. The first-order valence-corrected chi connectivity index (χ1v) is 12.1. The van der Waals surface area contributed by atoms with Crippen molar-refractivity contribution < 1.29 is 44.7 Å². The Morgan fingerprint density at radius 2 is 1.79 bits per heavy atom. The highest BCUT2D eigenvalue weighted by atomic mass is 32.2. The highest BCUT2D eigenvalue weighted by Gasteiger charge is 2.52. The molecule has 1 unspecified atom stereocenters. The summed E-state index contributed by atoms with van der Waals surface area (Å²) >= 11 is 0. The largest absolute Gasteiger partial charge is 0.534 e. The molecule has 11 heteroatoms. The zero-order chi connectivity index (χ0) is 24.0. The molecular formula is C23H21F3O7S. The van der Waals surface area contributed by atoms with E-state index in [0.29, 0.717) is 44.0 Å². The SMILES string of the molecule is O=S(=O)(OC1=C2CC3(CCC2c2cc(OCc4ccccc4)ccc2O1)OCCO3)C(F)(F)F. The maximum Gasteiger partial charge on any atom is 0.534 e. The van der Waals surface area contributed by atoms with Crippen molar-refractivity contribution in [3.63, 3.8) is 0 Å². The number of hydrogen-bond acceptors (Lipinski definition) is 7. The van der Waals surface area contributed by atoms with Gasteiger partial charge in [0, 0.05) is 29.9 Å². The standard InChI is InChI=1S/C23H21F3O7S/c24-23(25,26)34(27,28)33-21-19-13-22(30-10-11-31-22)9-8-17(19)18-12-16(6-7-20(18)32-21)29-14-15-4-2-1-3-5-15/h1-7,12,17H,8-11,13-14H2. The van der Waals surface area contributed by atoms with Crippen LogP contribution in [0.3, 0.4) is 0 Å². The van der Waals surface area contributed by atoms with Crippen molar-refractivity contribution in [2.75, 3.05) is 13.2 Å². The maximum absolute atomic E-state index is 13.0. The van der Waals surface area contributed by atoms with Gasteiger partial charge in [-0.2, -0.15) is 21.6 Å². The topological polar surface area (TPSA) is 80.3 Å². The van der Waals surface area contributed by atoms with Crippen LogP contribution in [0.5, 0.6) is 11.5 Å². The second-order valence-electron chi connectivity index (χ2n) is 8.25. The van der Waals surface area contributed by atoms with E-state index in [1.807, 2.05) is 30.3 Å². The Kier molecular flexibility index (Phi) is 5.73. The Balaban J connectivity index is 1.47. The van der Waals surface area contributed by atoms with E-state index in [2.05, 4.69) is 4.18 Å². The summed E-state index contributed by atoms with van der Waals surface area (Å²) in [4.78, 5) is 0. The van der Waals surface area contributed by atoms with Crippen molar-refractivity contribution in [2.45, 2.75) is 43.1 Å². The molecular weight excluding hydrogens is 477 g/mol. The molecule has 2 aliphatic heterocycles. The molecule has 1 spiro atoms. The Bertz CT molecular complexity index is 1200. The number of benzene rings is 2. The summed E-state index contributed by atoms with van der Waals surface area (Å²) in [5, 5.41) is 0. The van der Waals surface area contributed by atoms with E-state index in [1.165, 1.54) is 6.07 Å². The molecule has 1 aliphatic carbocycles. The van der Waals surface area contributed by atoms with Gasteiger partial charge in [-0.15, -0.1) is 0 Å². The number of fused-ring (bicyclic) bond motifs is 3. The van der Waals surface area contributed by atoms with Crippen LogP contribution in [0.25, 0.3) is 0 Å². The molecule has 3 aliphatic rings. The van der Waals surface area contributed by atoms with E-state index >= 15 is 0 Å². The van der Waals surface area contributed by atoms with Crippen molar-refractivity contribution in [1.82, 2.24) is 0 Å². The third kappa shape index (κ3) is 4.35. The van der Waals surface area contributed by atoms with Crippen LogP contribution in [-0.4, -0.2) is 32.9 Å². The summed E-state index contributed by atoms with van der Waals surface area (Å²) in [5.74, 6) is -1.43. The lowest BCUT2D eigenvalue weighted by molar-refractivity contribution is -0.170. The molecule has 0 N–H and O–H groups in total. The first-order valence-electron chi connectivity index (χ1n) is 10.7. The zero-order valence-corrected chi connectivity index (χ0v) is 18.7. The molecule has 2 aromatic carbocycles. The third-order valence-electron chi connectivity index (χ3n) is 6.05. The molecule has 5 rings (SSSR count). The zero-order valence-electron chi connectivity index (χ0n) is 17.8. The average molecular weight is 498 g/mol. The van der Waals surface area contributed by atoms with Gasteiger partial charge in [-0.05, 0) is 30.2 Å². The van der Waals surface area contributed by atoms with Crippen LogP contribution >= 0.6 is 0 Å². The fraction of sp³-hybridized carbons (Fsp3) is 0.391. The lowest BCUT2D eigenvalue weighted by Crippen LogP contribution is -2.38. The molecule has 1 saturated carbocycles. The summed E-state index contributed by atoms with van der Waals surface area (Å²) in [6, 6.07) is 14.5. The van der Waals surface area contributed by atoms with Crippen LogP contribution in [0.1, 0.15) is 36.3 Å². The minimum atomic E-state index is -5.92. The highest BCUT2D eigenvalue weighted by molar-refractivity contribution is 7.87. The van der Waals surface area contributed by atoms with Crippen molar-refractivity contribution in [3.05, 3.63) is 71.2 Å². The van der Waals surface area contributed by atoms with E-state index < -0.39 is 33.3 Å². The number of halogens is 3. The maximum atomic E-state index is 13.0. The fourth-order valence-electron chi connectivity index (χ4n) is 4.45. The second kappa shape index (κ2) is 8.47. The van der Waals surface area contributed by atoms with E-state index in [0.717, 1.165) is 5.56 Å². The number of alkyl halides is 3. The summed E-state index contributed by atoms with van der Waals surface area (Å²) in [7, 11) is -5.92. The lowest BCUT2D eigenvalue weighted by atomic mass is 9.76. The van der Waals surface area contributed by atoms with E-state index in [4.69, 9.17) is 18.9 Å². The average Bonchev–Trinajstić information content (AvgIpc) is 3.25. The third-order valence-corrected chi connectivity index (χ3v) is 6.98. The second-order valence-corrected chi connectivity index (χ2v) is 9.79. The van der Waals surface area contributed by atoms with Crippen LogP contribution in [0.4, 0.5) is 13.2 Å². The fourth-order valence-corrected chi connectivity index (χ4v) is 4.88. The van der Waals surface area contributed by atoms with Crippen LogP contribution in [0.2, 0.25) is 0 Å². The van der Waals surface area contributed by atoms with Crippen LogP contribution in [-0.2, 0) is 30.4 Å². The quantitative estimate of drug-likeness (QED) is 0.435. The molecule has 1 atom stereocenters. The molecule has 0 radical (unpaired) electrons. The normalized spacial score (nSPS) is 21.6. The lowest BCUT2D eigenvalue weighted by Gasteiger charge is -2.40. The Hall–Kier alpha value is -2.76. The molecule has 0 aromatic heterocycles. The molecule has 182 valence electrons. The number of rotatable bonds is 5. The van der Waals surface area contributed by atoms with Gasteiger partial charge in [0.15, 0.2) is 5.79 Å². The van der Waals surface area contributed by atoms with Gasteiger partial charge in [0.2, 0.25) is 0 Å². The number of ether oxygens (including phenoxy) is 4. The van der Waals surface area contributed by atoms with E-state index in [1.54, 1.807) is 12.1 Å². The van der Waals surface area contributed by atoms with Gasteiger partial charge in [-0.25, -0.2) is 0 Å². The van der Waals surface area contributed by atoms with Crippen molar-refractivity contribution in [2.24, 2.45) is 0 Å². The first-order chi connectivity index (χ1) is 16.2. The molecule has 1 saturated heterocycles. The van der Waals surface area contributed by atoms with Gasteiger partial charge in [0.25, 0.3) is 0 Å². The molecule has 0 amide bonds. The minimum Gasteiger partial charge on any atom is -0.489 e. The van der Waals surface area contributed by atoms with Crippen LogP contribution in [0.15, 0.2) is 60.0 Å². The summed E-state index contributed by atoms with van der Waals surface area (Å²) in [6.07, 6.45) is 0.941. The van der Waals surface area contributed by atoms with Gasteiger partial charge in [0.05, 0.1) is 13.2 Å². The molecule has 7 nitrogen and oxygen atoms in total. The molecule has 0 bridgehead atoms. The molecule has 34 heavy (non-hydrogen) atoms. The van der Waals surface area contributed by atoms with Gasteiger partial charge in [-0.1, -0.05) is 30.3 Å². The molecule has 2 heterocycles. The molecule has 2 aromatic rings. The van der Waals surface area contributed by atoms with Gasteiger partial charge < -0.3 is 23.1 Å². The van der Waals surface area contributed by atoms with E-state index in [-0.39, 0.29) is 17.7 Å². The van der Waals surface area contributed by atoms with Crippen molar-refractivity contribution >= 4 is 10.1 Å². The summed E-state index contributed by atoms with van der Waals surface area (Å²) in [6.45, 7) is 1.00. The molecule has 2 fully saturated rings. The van der Waals surface area contributed by atoms with Crippen LogP contribution < -0.4 is 9.47 Å². The van der Waals surface area contributed by atoms with Gasteiger partial charge in [-0.3, -0.25) is 0 Å². The summed E-state index contributed by atoms with van der Waals surface area (Å²) in [5.41, 5.74) is -3.71. The highest BCUT2D eigenvalue weighted by Crippen LogP contribution is 2.52. The van der Waals surface area contributed by atoms with E-state index in [9.17, 15) is 21.6 Å². The van der Waals surface area contributed by atoms with Crippen molar-refractivity contribution in [3.8, 4) is 11.5 Å². The Labute approximate surface area is 194 Å². The van der Waals surface area contributed by atoms with Crippen LogP contribution in [0, 0.1) is 0 Å².